The molecule has 0 spiro atoms. The van der Waals surface area contributed by atoms with Crippen LogP contribution in [-0.2, 0) is 11.3 Å². The van der Waals surface area contributed by atoms with Gasteiger partial charge >= 0.3 is 0 Å². The topological polar surface area (TPSA) is 43.4 Å². The molecule has 1 aromatic rings. The summed E-state index contributed by atoms with van der Waals surface area (Å²) in [5, 5.41) is 3.55. The van der Waals surface area contributed by atoms with Crippen LogP contribution in [0, 0.1) is 5.92 Å². The normalized spacial score (nSPS) is 20.7. The first-order valence-electron chi connectivity index (χ1n) is 7.08. The van der Waals surface area contributed by atoms with E-state index < -0.39 is 0 Å². The van der Waals surface area contributed by atoms with E-state index in [2.05, 4.69) is 23.3 Å². The molecule has 0 amide bonds. The number of ether oxygens (including phenoxy) is 2. The summed E-state index contributed by atoms with van der Waals surface area (Å²) in [6.07, 6.45) is 3.07. The van der Waals surface area contributed by atoms with E-state index >= 15 is 0 Å². The molecule has 0 aliphatic carbocycles. The summed E-state index contributed by atoms with van der Waals surface area (Å²) in [5.41, 5.74) is 1.11. The smallest absolute Gasteiger partial charge is 0.218 e. The Morgan fingerprint density at radius 2 is 2.32 bits per heavy atom. The number of hydrogen-bond donors (Lipinski definition) is 1. The molecule has 0 saturated carbocycles. The Labute approximate surface area is 115 Å². The van der Waals surface area contributed by atoms with Gasteiger partial charge in [-0.1, -0.05) is 6.07 Å². The number of nitrogens with zero attached hydrogens (tertiary/aromatic N) is 1. The van der Waals surface area contributed by atoms with E-state index in [1.807, 2.05) is 19.9 Å². The lowest BCUT2D eigenvalue weighted by molar-refractivity contribution is 0.178. The second kappa shape index (κ2) is 6.87. The molecule has 0 radical (unpaired) electrons. The molecule has 1 aliphatic heterocycles. The van der Waals surface area contributed by atoms with Gasteiger partial charge in [0.2, 0.25) is 5.88 Å². The predicted octanol–water partition coefficient (Wildman–Crippen LogP) is 2.38. The summed E-state index contributed by atoms with van der Waals surface area (Å²) < 4.78 is 11.2. The fraction of sp³-hybridized carbons (Fsp3) is 0.667. The van der Waals surface area contributed by atoms with Gasteiger partial charge in [-0.2, -0.15) is 0 Å². The average molecular weight is 264 g/mol. The van der Waals surface area contributed by atoms with Crippen molar-refractivity contribution in [3.63, 3.8) is 0 Å². The molecule has 2 unspecified atom stereocenters. The summed E-state index contributed by atoms with van der Waals surface area (Å²) >= 11 is 0. The first-order valence-corrected chi connectivity index (χ1v) is 7.08. The van der Waals surface area contributed by atoms with Crippen molar-refractivity contribution >= 4 is 0 Å². The van der Waals surface area contributed by atoms with Crippen LogP contribution in [0.25, 0.3) is 0 Å². The van der Waals surface area contributed by atoms with Crippen molar-refractivity contribution in [1.82, 2.24) is 10.3 Å². The highest BCUT2D eigenvalue weighted by Gasteiger charge is 2.22. The molecule has 2 heterocycles. The van der Waals surface area contributed by atoms with Gasteiger partial charge in [0.15, 0.2) is 0 Å². The monoisotopic (exact) mass is 264 g/mol. The lowest BCUT2D eigenvalue weighted by Crippen LogP contribution is -2.33. The second-order valence-electron chi connectivity index (χ2n) is 5.43. The van der Waals surface area contributed by atoms with Crippen LogP contribution in [0.5, 0.6) is 5.88 Å². The van der Waals surface area contributed by atoms with E-state index in [0.717, 1.165) is 37.6 Å². The van der Waals surface area contributed by atoms with Crippen LogP contribution in [0.15, 0.2) is 18.3 Å². The predicted molar refractivity (Wildman–Crippen MR) is 75.2 cm³/mol. The maximum atomic E-state index is 5.73. The third-order valence-electron chi connectivity index (χ3n) is 3.48. The van der Waals surface area contributed by atoms with Crippen molar-refractivity contribution < 1.29 is 9.47 Å². The van der Waals surface area contributed by atoms with Gasteiger partial charge in [0.1, 0.15) is 0 Å². The van der Waals surface area contributed by atoms with Gasteiger partial charge in [0, 0.05) is 31.0 Å². The minimum atomic E-state index is 0.148. The molecule has 2 atom stereocenters. The summed E-state index contributed by atoms with van der Waals surface area (Å²) in [5.74, 6) is 1.35. The van der Waals surface area contributed by atoms with E-state index in [0.29, 0.717) is 12.0 Å². The number of rotatable bonds is 6. The standard InChI is InChI=1S/C15H24N2O2/c1-11(2)19-15-13(5-4-7-16-15)9-17-12(3)14-6-8-18-10-14/h4-5,7,11-12,14,17H,6,8-10H2,1-3H3. The van der Waals surface area contributed by atoms with Crippen LogP contribution >= 0.6 is 0 Å². The second-order valence-corrected chi connectivity index (χ2v) is 5.43. The summed E-state index contributed by atoms with van der Waals surface area (Å²) in [4.78, 5) is 4.31. The van der Waals surface area contributed by atoms with Crippen molar-refractivity contribution in [2.24, 2.45) is 5.92 Å². The molecular weight excluding hydrogens is 240 g/mol. The highest BCUT2D eigenvalue weighted by atomic mass is 16.5. The first-order chi connectivity index (χ1) is 9.16. The van der Waals surface area contributed by atoms with Gasteiger partial charge in [-0.25, -0.2) is 4.98 Å². The number of hydrogen-bond acceptors (Lipinski definition) is 4. The molecule has 1 fully saturated rings. The molecule has 106 valence electrons. The fourth-order valence-corrected chi connectivity index (χ4v) is 2.27. The summed E-state index contributed by atoms with van der Waals surface area (Å²) in [6.45, 7) is 8.81. The zero-order chi connectivity index (χ0) is 13.7. The Morgan fingerprint density at radius 3 is 3.00 bits per heavy atom. The number of aromatic nitrogens is 1. The van der Waals surface area contributed by atoms with Crippen LogP contribution in [0.2, 0.25) is 0 Å². The molecule has 19 heavy (non-hydrogen) atoms. The van der Waals surface area contributed by atoms with Gasteiger partial charge in [-0.3, -0.25) is 0 Å². The van der Waals surface area contributed by atoms with Gasteiger partial charge in [0.05, 0.1) is 12.7 Å². The van der Waals surface area contributed by atoms with E-state index in [-0.39, 0.29) is 6.10 Å². The Hall–Kier alpha value is -1.13. The van der Waals surface area contributed by atoms with Gasteiger partial charge in [-0.15, -0.1) is 0 Å². The maximum Gasteiger partial charge on any atom is 0.218 e. The number of nitrogens with one attached hydrogen (secondary N) is 1. The molecular formula is C15H24N2O2. The fourth-order valence-electron chi connectivity index (χ4n) is 2.27. The average Bonchev–Trinajstić information content (AvgIpc) is 2.90. The molecule has 2 rings (SSSR count). The molecule has 4 nitrogen and oxygen atoms in total. The van der Waals surface area contributed by atoms with Gasteiger partial charge < -0.3 is 14.8 Å². The maximum absolute atomic E-state index is 5.73. The van der Waals surface area contributed by atoms with Crippen LogP contribution in [0.3, 0.4) is 0 Å². The van der Waals surface area contributed by atoms with Crippen molar-refractivity contribution in [2.75, 3.05) is 13.2 Å². The molecule has 4 heteroatoms. The SMILES string of the molecule is CC(C)Oc1ncccc1CNC(C)C1CCOC1. The highest BCUT2D eigenvalue weighted by molar-refractivity contribution is 5.25. The zero-order valence-electron chi connectivity index (χ0n) is 12.1. The Bertz CT molecular complexity index is 389. The molecule has 1 aromatic heterocycles. The van der Waals surface area contributed by atoms with Crippen LogP contribution in [-0.4, -0.2) is 30.3 Å². The third-order valence-corrected chi connectivity index (χ3v) is 3.48. The van der Waals surface area contributed by atoms with E-state index in [1.54, 1.807) is 6.20 Å². The van der Waals surface area contributed by atoms with Crippen molar-refractivity contribution in [3.8, 4) is 5.88 Å². The minimum absolute atomic E-state index is 0.148. The molecule has 1 saturated heterocycles. The van der Waals surface area contributed by atoms with Crippen molar-refractivity contribution in [3.05, 3.63) is 23.9 Å². The van der Waals surface area contributed by atoms with Crippen LogP contribution < -0.4 is 10.1 Å². The molecule has 1 N–H and O–H groups in total. The highest BCUT2D eigenvalue weighted by Crippen LogP contribution is 2.19. The third kappa shape index (κ3) is 4.18. The van der Waals surface area contributed by atoms with E-state index in [9.17, 15) is 0 Å². The van der Waals surface area contributed by atoms with Gasteiger partial charge in [-0.05, 0) is 39.2 Å². The van der Waals surface area contributed by atoms with Crippen molar-refractivity contribution in [1.29, 1.82) is 0 Å². The Kier molecular flexibility index (Phi) is 5.16. The van der Waals surface area contributed by atoms with E-state index in [1.165, 1.54) is 0 Å². The summed E-state index contributed by atoms with van der Waals surface area (Å²) in [6, 6.07) is 4.47. The Morgan fingerprint density at radius 1 is 1.47 bits per heavy atom. The molecule has 0 bridgehead atoms. The lowest BCUT2D eigenvalue weighted by Gasteiger charge is -2.20. The minimum Gasteiger partial charge on any atom is -0.475 e. The Balaban J connectivity index is 1.91. The number of pyridine rings is 1. The zero-order valence-corrected chi connectivity index (χ0v) is 12.1. The lowest BCUT2D eigenvalue weighted by atomic mass is 10.0. The van der Waals surface area contributed by atoms with Crippen LogP contribution in [0.4, 0.5) is 0 Å². The van der Waals surface area contributed by atoms with E-state index in [4.69, 9.17) is 9.47 Å². The summed E-state index contributed by atoms with van der Waals surface area (Å²) in [7, 11) is 0. The first kappa shape index (κ1) is 14.3. The largest absolute Gasteiger partial charge is 0.475 e. The molecule has 0 aromatic carbocycles. The van der Waals surface area contributed by atoms with Gasteiger partial charge in [0.25, 0.3) is 0 Å². The van der Waals surface area contributed by atoms with Crippen molar-refractivity contribution in [2.45, 2.75) is 45.9 Å². The van der Waals surface area contributed by atoms with Crippen LogP contribution in [0.1, 0.15) is 32.8 Å². The quantitative estimate of drug-likeness (QED) is 0.856. The molecule has 1 aliphatic rings.